The van der Waals surface area contributed by atoms with Gasteiger partial charge in [0.25, 0.3) is 0 Å². The van der Waals surface area contributed by atoms with Crippen LogP contribution in [-0.2, 0) is 25.5 Å². The number of fused-ring (bicyclic) bond motifs is 1. The molecule has 5 atom stereocenters. The minimum Gasteiger partial charge on any atom is -0.359 e. The fourth-order valence-corrected chi connectivity index (χ4v) is 8.75. The number of benzene rings is 2. The number of carbonyl (C=O) groups is 3. The van der Waals surface area contributed by atoms with E-state index in [0.717, 1.165) is 58.2 Å². The summed E-state index contributed by atoms with van der Waals surface area (Å²) in [6, 6.07) is 17.0. The number of carbonyl (C=O) groups excluding carboxylic acids is 3. The lowest BCUT2D eigenvalue weighted by Crippen LogP contribution is -2.56. The van der Waals surface area contributed by atoms with Crippen molar-refractivity contribution in [3.63, 3.8) is 0 Å². The molecule has 4 heterocycles. The Morgan fingerprint density at radius 3 is 2.39 bits per heavy atom. The van der Waals surface area contributed by atoms with Crippen molar-refractivity contribution >= 4 is 35.0 Å². The summed E-state index contributed by atoms with van der Waals surface area (Å²) in [7, 11) is 0. The van der Waals surface area contributed by atoms with Crippen LogP contribution >= 0.6 is 11.6 Å². The van der Waals surface area contributed by atoms with E-state index in [1.807, 2.05) is 12.2 Å². The number of halogens is 1. The van der Waals surface area contributed by atoms with E-state index in [9.17, 15) is 14.4 Å². The Labute approximate surface area is 276 Å². The molecule has 46 heavy (non-hydrogen) atoms. The number of ether oxygens (including phenoxy) is 1. The number of anilines is 1. The summed E-state index contributed by atoms with van der Waals surface area (Å²) in [6.45, 7) is 3.42. The summed E-state index contributed by atoms with van der Waals surface area (Å²) in [5.41, 5.74) is 0.872. The topological polar surface area (TPSA) is 91.0 Å². The maximum Gasteiger partial charge on any atom is 0.246 e. The second-order valence-electron chi connectivity index (χ2n) is 13.9. The molecule has 1 saturated carbocycles. The fraction of sp³-hybridized carbons (Fsp3) is 0.541. The third-order valence-corrected chi connectivity index (χ3v) is 11.2. The van der Waals surface area contributed by atoms with Crippen LogP contribution in [0.25, 0.3) is 0 Å². The zero-order valence-corrected chi connectivity index (χ0v) is 27.2. The van der Waals surface area contributed by atoms with Crippen LogP contribution in [0.5, 0.6) is 0 Å². The molecule has 2 N–H and O–H groups in total. The zero-order valence-electron chi connectivity index (χ0n) is 26.4. The number of hydrogen-bond acceptors (Lipinski definition) is 5. The molecule has 1 spiro atoms. The van der Waals surface area contributed by atoms with Gasteiger partial charge in [0.1, 0.15) is 11.6 Å². The first kappa shape index (κ1) is 31.4. The van der Waals surface area contributed by atoms with Gasteiger partial charge in [0.05, 0.1) is 17.9 Å². The number of likely N-dealkylation sites (tertiary alicyclic amines) is 2. The highest BCUT2D eigenvalue weighted by molar-refractivity contribution is 6.30. The smallest absolute Gasteiger partial charge is 0.246 e. The molecule has 7 rings (SSSR count). The monoisotopic (exact) mass is 644 g/mol. The number of amides is 3. The van der Waals surface area contributed by atoms with Crippen molar-refractivity contribution in [2.45, 2.75) is 81.6 Å². The van der Waals surface area contributed by atoms with Gasteiger partial charge in [-0.05, 0) is 93.9 Å². The second-order valence-corrected chi connectivity index (χ2v) is 14.3. The summed E-state index contributed by atoms with van der Waals surface area (Å²) in [6.07, 6.45) is 12.7. The number of rotatable bonds is 10. The van der Waals surface area contributed by atoms with Gasteiger partial charge in [-0.1, -0.05) is 73.3 Å². The summed E-state index contributed by atoms with van der Waals surface area (Å²) >= 11 is 6.04. The molecule has 5 aliphatic rings. The summed E-state index contributed by atoms with van der Waals surface area (Å²) in [5, 5.41) is 6.83. The third kappa shape index (κ3) is 6.24. The normalized spacial score (nSPS) is 29.7. The van der Waals surface area contributed by atoms with Crippen LogP contribution in [0.2, 0.25) is 5.02 Å². The van der Waals surface area contributed by atoms with Crippen molar-refractivity contribution in [1.82, 2.24) is 15.1 Å². The minimum absolute atomic E-state index is 0.109. The zero-order chi connectivity index (χ0) is 31.7. The number of piperidine rings is 1. The minimum atomic E-state index is -1.14. The van der Waals surface area contributed by atoms with Gasteiger partial charge in [0.15, 0.2) is 0 Å². The molecule has 2 aromatic carbocycles. The van der Waals surface area contributed by atoms with Crippen molar-refractivity contribution in [2.75, 3.05) is 31.5 Å². The summed E-state index contributed by atoms with van der Waals surface area (Å²) in [4.78, 5) is 46.3. The van der Waals surface area contributed by atoms with Gasteiger partial charge >= 0.3 is 0 Å². The molecule has 0 aromatic heterocycles. The van der Waals surface area contributed by atoms with Crippen molar-refractivity contribution < 1.29 is 19.1 Å². The molecule has 4 fully saturated rings. The van der Waals surface area contributed by atoms with E-state index in [1.165, 1.54) is 24.8 Å². The number of hydrogen-bond donors (Lipinski definition) is 2. The lowest BCUT2D eigenvalue weighted by atomic mass is 9.74. The van der Waals surface area contributed by atoms with Gasteiger partial charge in [-0.25, -0.2) is 0 Å². The van der Waals surface area contributed by atoms with Crippen LogP contribution in [0.15, 0.2) is 66.7 Å². The Hall–Kier alpha value is -3.20. The maximum absolute atomic E-state index is 14.3. The first-order chi connectivity index (χ1) is 22.4. The van der Waals surface area contributed by atoms with Crippen LogP contribution in [-0.4, -0.2) is 77.5 Å². The molecule has 1 aliphatic carbocycles. The highest BCUT2D eigenvalue weighted by Gasteiger charge is 2.72. The molecule has 0 unspecified atom stereocenters. The van der Waals surface area contributed by atoms with Crippen LogP contribution < -0.4 is 10.6 Å². The van der Waals surface area contributed by atoms with E-state index < -0.39 is 29.6 Å². The van der Waals surface area contributed by atoms with Gasteiger partial charge in [0.2, 0.25) is 17.7 Å². The van der Waals surface area contributed by atoms with E-state index in [2.05, 4.69) is 45.9 Å². The second kappa shape index (κ2) is 13.5. The molecular formula is C37H45ClN4O4. The summed E-state index contributed by atoms with van der Waals surface area (Å²) in [5.74, 6) is -1.36. The van der Waals surface area contributed by atoms with Gasteiger partial charge < -0.3 is 25.2 Å². The Morgan fingerprint density at radius 2 is 1.65 bits per heavy atom. The molecule has 9 heteroatoms. The average molecular weight is 645 g/mol. The van der Waals surface area contributed by atoms with Crippen LogP contribution in [0.1, 0.15) is 56.9 Å². The summed E-state index contributed by atoms with van der Waals surface area (Å²) < 4.78 is 6.53. The van der Waals surface area contributed by atoms with E-state index in [-0.39, 0.29) is 23.8 Å². The Balaban J connectivity index is 1.04. The van der Waals surface area contributed by atoms with Crippen LogP contribution in [0.4, 0.5) is 5.69 Å². The lowest BCUT2D eigenvalue weighted by molar-refractivity contribution is -0.141. The van der Waals surface area contributed by atoms with Gasteiger partial charge in [0, 0.05) is 23.3 Å². The van der Waals surface area contributed by atoms with Gasteiger partial charge in [-0.2, -0.15) is 0 Å². The Bertz CT molecular complexity index is 1440. The third-order valence-electron chi connectivity index (χ3n) is 10.9. The molecule has 3 amide bonds. The average Bonchev–Trinajstić information content (AvgIpc) is 3.71. The number of nitrogens with zero attached hydrogens (tertiary/aromatic N) is 2. The van der Waals surface area contributed by atoms with E-state index >= 15 is 0 Å². The predicted molar refractivity (Wildman–Crippen MR) is 178 cm³/mol. The van der Waals surface area contributed by atoms with Crippen molar-refractivity contribution in [1.29, 1.82) is 0 Å². The highest BCUT2D eigenvalue weighted by Crippen LogP contribution is 2.55. The molecule has 2 aromatic rings. The molecule has 244 valence electrons. The molecule has 0 radical (unpaired) electrons. The highest BCUT2D eigenvalue weighted by atomic mass is 35.5. The molecule has 4 aliphatic heterocycles. The van der Waals surface area contributed by atoms with Crippen LogP contribution in [0.3, 0.4) is 0 Å². The predicted octanol–water partition coefficient (Wildman–Crippen LogP) is 5.22. The Kier molecular flexibility index (Phi) is 9.21. The first-order valence-corrected chi connectivity index (χ1v) is 17.6. The Morgan fingerprint density at radius 1 is 0.913 bits per heavy atom. The quantitative estimate of drug-likeness (QED) is 0.346. The largest absolute Gasteiger partial charge is 0.359 e. The van der Waals surface area contributed by atoms with E-state index in [4.69, 9.17) is 16.3 Å². The fourth-order valence-electron chi connectivity index (χ4n) is 8.62. The van der Waals surface area contributed by atoms with Crippen molar-refractivity contribution in [3.8, 4) is 0 Å². The maximum atomic E-state index is 14.3. The lowest BCUT2D eigenvalue weighted by Gasteiger charge is -2.35. The molecule has 8 nitrogen and oxygen atoms in total. The standard InChI is InChI=1S/C37H45ClN4O4/c38-27-12-14-29(15-13-27)39-34(43)31-30-16-19-37(46-30)32(31)36(45)42(33(37)35(44)40-28-10-5-2-6-11-28)21-7-20-41-22-17-26(18-23-41)24-25-8-3-1-4-9-25/h1,3-4,8-9,12-16,19,26,28,30-33H,2,5-7,10-11,17-18,20-24H2,(H,39,43)(H,40,44)/t30-,31-,32-,33-,37-/m1/s1. The van der Waals surface area contributed by atoms with E-state index in [1.54, 1.807) is 29.2 Å². The SMILES string of the molecule is O=C(Nc1ccc(Cl)cc1)[C@@H]1[C@H]2C=C[C@@]3(O2)[C@H]1C(=O)N(CCCN1CCC(Cc2ccccc2)CC1)[C@@H]3C(=O)NC1CCCCC1. The van der Waals surface area contributed by atoms with Gasteiger partial charge in [-0.15, -0.1) is 0 Å². The molecular weight excluding hydrogens is 600 g/mol. The first-order valence-electron chi connectivity index (χ1n) is 17.2. The van der Waals surface area contributed by atoms with Gasteiger partial charge in [-0.3, -0.25) is 14.4 Å². The molecule has 3 saturated heterocycles. The van der Waals surface area contributed by atoms with Crippen LogP contribution in [0, 0.1) is 17.8 Å². The molecule has 2 bridgehead atoms. The number of nitrogens with one attached hydrogen (secondary N) is 2. The van der Waals surface area contributed by atoms with Crippen molar-refractivity contribution in [2.24, 2.45) is 17.8 Å². The van der Waals surface area contributed by atoms with Crippen molar-refractivity contribution in [3.05, 3.63) is 77.3 Å². The van der Waals surface area contributed by atoms with E-state index in [0.29, 0.717) is 23.2 Å².